The first kappa shape index (κ1) is 25.6. The van der Waals surface area contributed by atoms with E-state index >= 15 is 0 Å². The first-order valence-corrected chi connectivity index (χ1v) is 11.0. The van der Waals surface area contributed by atoms with Gasteiger partial charge in [0.1, 0.15) is 5.78 Å². The molecule has 0 unspecified atom stereocenters. The summed E-state index contributed by atoms with van der Waals surface area (Å²) in [5, 5.41) is 2.96. The van der Waals surface area contributed by atoms with Crippen molar-refractivity contribution in [2.75, 3.05) is 13.2 Å². The Morgan fingerprint density at radius 2 is 1.22 bits per heavy atom. The molecule has 0 aromatic carbocycles. The zero-order valence-electron chi connectivity index (χ0n) is 17.7. The van der Waals surface area contributed by atoms with Crippen molar-refractivity contribution in [2.45, 2.75) is 110 Å². The Labute approximate surface area is 166 Å². The fourth-order valence-corrected chi connectivity index (χ4v) is 2.90. The summed E-state index contributed by atoms with van der Waals surface area (Å²) in [7, 11) is 0. The number of rotatable bonds is 19. The molecule has 0 saturated carbocycles. The van der Waals surface area contributed by atoms with Crippen LogP contribution in [0.25, 0.3) is 0 Å². The number of ether oxygens (including phenoxy) is 1. The molecular weight excluding hydrogens is 342 g/mol. The summed E-state index contributed by atoms with van der Waals surface area (Å²) >= 11 is 0. The summed E-state index contributed by atoms with van der Waals surface area (Å²) in [6.07, 6.45) is 14.6. The van der Waals surface area contributed by atoms with E-state index in [4.69, 9.17) is 4.74 Å². The van der Waals surface area contributed by atoms with Crippen LogP contribution in [0.1, 0.15) is 110 Å². The van der Waals surface area contributed by atoms with Crippen molar-refractivity contribution >= 4 is 17.7 Å². The van der Waals surface area contributed by atoms with Gasteiger partial charge in [-0.15, -0.1) is 0 Å². The number of ketones is 1. The van der Waals surface area contributed by atoms with Gasteiger partial charge in [-0.3, -0.25) is 9.59 Å². The number of Topliss-reactive ketones (excluding diaryl/α,β-unsaturated/α-hetero) is 1. The summed E-state index contributed by atoms with van der Waals surface area (Å²) in [5.41, 5.74) is 0. The first-order valence-electron chi connectivity index (χ1n) is 11.0. The largest absolute Gasteiger partial charge is 0.466 e. The molecule has 0 aliphatic rings. The molecule has 0 saturated heterocycles. The summed E-state index contributed by atoms with van der Waals surface area (Å²) in [5.74, 6) is 0.227. The molecule has 5 heteroatoms. The maximum atomic E-state index is 11.7. The molecule has 0 radical (unpaired) electrons. The number of hydrogen-bond donors (Lipinski definition) is 1. The van der Waals surface area contributed by atoms with Gasteiger partial charge in [-0.05, 0) is 39.0 Å². The number of carbonyl (C=O) groups is 3. The van der Waals surface area contributed by atoms with Gasteiger partial charge in [0.2, 0.25) is 5.91 Å². The van der Waals surface area contributed by atoms with Crippen LogP contribution in [0.15, 0.2) is 0 Å². The minimum absolute atomic E-state index is 0.0856. The van der Waals surface area contributed by atoms with E-state index in [0.29, 0.717) is 31.7 Å². The van der Waals surface area contributed by atoms with Crippen molar-refractivity contribution < 1.29 is 19.1 Å². The van der Waals surface area contributed by atoms with E-state index in [9.17, 15) is 14.4 Å². The van der Waals surface area contributed by atoms with E-state index in [0.717, 1.165) is 45.1 Å². The smallest absolute Gasteiger partial charge is 0.305 e. The SMILES string of the molecule is CCCOC(=O)CCCCC(=O)NCCCCCCCCCCCC(C)=O. The molecule has 0 aliphatic heterocycles. The molecule has 0 rings (SSSR count). The monoisotopic (exact) mass is 383 g/mol. The van der Waals surface area contributed by atoms with Gasteiger partial charge in [0, 0.05) is 25.8 Å². The second-order valence-electron chi connectivity index (χ2n) is 7.41. The van der Waals surface area contributed by atoms with E-state index in [2.05, 4.69) is 5.32 Å². The van der Waals surface area contributed by atoms with Gasteiger partial charge in [0.15, 0.2) is 0 Å². The third-order valence-electron chi connectivity index (χ3n) is 4.53. The van der Waals surface area contributed by atoms with Gasteiger partial charge < -0.3 is 14.8 Å². The van der Waals surface area contributed by atoms with Gasteiger partial charge in [-0.2, -0.15) is 0 Å². The number of unbranched alkanes of at least 4 members (excludes halogenated alkanes) is 9. The van der Waals surface area contributed by atoms with Crippen molar-refractivity contribution in [3.8, 4) is 0 Å². The van der Waals surface area contributed by atoms with Crippen molar-refractivity contribution in [1.82, 2.24) is 5.32 Å². The Morgan fingerprint density at radius 3 is 1.81 bits per heavy atom. The molecule has 0 fully saturated rings. The minimum Gasteiger partial charge on any atom is -0.466 e. The van der Waals surface area contributed by atoms with Gasteiger partial charge in [-0.25, -0.2) is 0 Å². The lowest BCUT2D eigenvalue weighted by atomic mass is 10.1. The molecule has 1 N–H and O–H groups in total. The molecule has 27 heavy (non-hydrogen) atoms. The maximum absolute atomic E-state index is 11.7. The average molecular weight is 384 g/mol. The quantitative estimate of drug-likeness (QED) is 0.249. The Hall–Kier alpha value is -1.39. The molecule has 0 bridgehead atoms. The summed E-state index contributed by atoms with van der Waals surface area (Å²) < 4.78 is 5.00. The van der Waals surface area contributed by atoms with Gasteiger partial charge in [0.25, 0.3) is 0 Å². The van der Waals surface area contributed by atoms with Crippen molar-refractivity contribution in [3.63, 3.8) is 0 Å². The molecular formula is C22H41NO4. The Morgan fingerprint density at radius 1 is 0.704 bits per heavy atom. The van der Waals surface area contributed by atoms with E-state index in [1.807, 2.05) is 6.92 Å². The molecule has 0 atom stereocenters. The minimum atomic E-state index is -0.159. The fourth-order valence-electron chi connectivity index (χ4n) is 2.90. The van der Waals surface area contributed by atoms with Crippen LogP contribution in [0.5, 0.6) is 0 Å². The lowest BCUT2D eigenvalue weighted by Crippen LogP contribution is -2.24. The predicted octanol–water partition coefficient (Wildman–Crippen LogP) is 5.11. The molecule has 1 amide bonds. The lowest BCUT2D eigenvalue weighted by molar-refractivity contribution is -0.143. The van der Waals surface area contributed by atoms with Crippen LogP contribution in [-0.4, -0.2) is 30.8 Å². The number of amides is 1. The Bertz CT molecular complexity index is 396. The van der Waals surface area contributed by atoms with E-state index in [1.165, 1.54) is 38.5 Å². The number of hydrogen-bond acceptors (Lipinski definition) is 4. The van der Waals surface area contributed by atoms with Crippen molar-refractivity contribution in [1.29, 1.82) is 0 Å². The fraction of sp³-hybridized carbons (Fsp3) is 0.864. The lowest BCUT2D eigenvalue weighted by Gasteiger charge is -2.06. The topological polar surface area (TPSA) is 72.5 Å². The summed E-state index contributed by atoms with van der Waals surface area (Å²) in [6.45, 7) is 4.87. The molecule has 0 aromatic rings. The molecule has 0 aliphatic carbocycles. The normalized spacial score (nSPS) is 10.6. The van der Waals surface area contributed by atoms with Crippen LogP contribution >= 0.6 is 0 Å². The Kier molecular flexibility index (Phi) is 18.4. The summed E-state index contributed by atoms with van der Waals surface area (Å²) in [4.78, 5) is 33.9. The highest BCUT2D eigenvalue weighted by atomic mass is 16.5. The highest BCUT2D eigenvalue weighted by Crippen LogP contribution is 2.10. The molecule has 0 spiro atoms. The molecule has 0 aromatic heterocycles. The van der Waals surface area contributed by atoms with Crippen LogP contribution in [0.4, 0.5) is 0 Å². The predicted molar refractivity (Wildman–Crippen MR) is 110 cm³/mol. The zero-order valence-corrected chi connectivity index (χ0v) is 17.7. The summed E-state index contributed by atoms with van der Waals surface area (Å²) in [6, 6.07) is 0. The standard InChI is InChI=1S/C22H41NO4/c1-3-19-27-22(26)17-13-12-16-21(25)23-18-14-10-8-6-4-5-7-9-11-15-20(2)24/h3-19H2,1-2H3,(H,23,25). The van der Waals surface area contributed by atoms with Gasteiger partial charge >= 0.3 is 5.97 Å². The number of esters is 1. The van der Waals surface area contributed by atoms with Gasteiger partial charge in [-0.1, -0.05) is 51.9 Å². The number of nitrogens with one attached hydrogen (secondary N) is 1. The first-order chi connectivity index (χ1) is 13.1. The number of carbonyl (C=O) groups excluding carboxylic acids is 3. The van der Waals surface area contributed by atoms with E-state index in [-0.39, 0.29) is 11.9 Å². The van der Waals surface area contributed by atoms with Crippen LogP contribution in [0, 0.1) is 0 Å². The third kappa shape index (κ3) is 20.8. The Balaban J connectivity index is 3.25. The third-order valence-corrected chi connectivity index (χ3v) is 4.53. The van der Waals surface area contributed by atoms with Crippen LogP contribution in [0.3, 0.4) is 0 Å². The van der Waals surface area contributed by atoms with Crippen molar-refractivity contribution in [2.24, 2.45) is 0 Å². The second-order valence-corrected chi connectivity index (χ2v) is 7.41. The van der Waals surface area contributed by atoms with Crippen molar-refractivity contribution in [3.05, 3.63) is 0 Å². The zero-order chi connectivity index (χ0) is 20.2. The van der Waals surface area contributed by atoms with Crippen LogP contribution < -0.4 is 5.32 Å². The molecule has 0 heterocycles. The molecule has 5 nitrogen and oxygen atoms in total. The van der Waals surface area contributed by atoms with Crippen LogP contribution in [-0.2, 0) is 19.1 Å². The maximum Gasteiger partial charge on any atom is 0.305 e. The van der Waals surface area contributed by atoms with E-state index < -0.39 is 0 Å². The highest BCUT2D eigenvalue weighted by molar-refractivity contribution is 5.76. The van der Waals surface area contributed by atoms with E-state index in [1.54, 1.807) is 6.92 Å². The van der Waals surface area contributed by atoms with Gasteiger partial charge in [0.05, 0.1) is 6.61 Å². The second kappa shape index (κ2) is 19.4. The molecule has 158 valence electrons. The average Bonchev–Trinajstić information content (AvgIpc) is 2.64. The van der Waals surface area contributed by atoms with Crippen LogP contribution in [0.2, 0.25) is 0 Å². The highest BCUT2D eigenvalue weighted by Gasteiger charge is 2.04.